The Labute approximate surface area is 95.4 Å². The Hall–Kier alpha value is -1.57. The van der Waals surface area contributed by atoms with Crippen LogP contribution >= 0.6 is 11.8 Å². The summed E-state index contributed by atoms with van der Waals surface area (Å²) in [4.78, 5) is 27.7. The molecule has 0 unspecified atom stereocenters. The van der Waals surface area contributed by atoms with Gasteiger partial charge in [0.2, 0.25) is 5.91 Å². The number of aliphatic carboxylic acids is 1. The fourth-order valence-electron chi connectivity index (χ4n) is 1.44. The third kappa shape index (κ3) is 2.16. The van der Waals surface area contributed by atoms with Gasteiger partial charge in [-0.25, -0.2) is 14.5 Å². The lowest BCUT2D eigenvalue weighted by Gasteiger charge is -2.20. The lowest BCUT2D eigenvalue weighted by molar-refractivity contribution is -0.148. The summed E-state index contributed by atoms with van der Waals surface area (Å²) in [6.45, 7) is 0.0321. The molecular formula is C8H10N4O3S. The van der Waals surface area contributed by atoms with Crippen molar-refractivity contribution in [3.63, 3.8) is 0 Å². The predicted molar refractivity (Wildman–Crippen MR) is 55.6 cm³/mol. The molecule has 86 valence electrons. The molecule has 0 bridgehead atoms. The maximum absolute atomic E-state index is 11.8. The quantitative estimate of drug-likeness (QED) is 0.751. The van der Waals surface area contributed by atoms with Crippen LogP contribution in [0.5, 0.6) is 0 Å². The highest BCUT2D eigenvalue weighted by Crippen LogP contribution is 2.21. The standard InChI is InChI=1S/C8H10N4O3S/c13-7(1-11-4-9-3-10-11)12-5-16-2-6(12)8(14)15/h3-4,6H,1-2,5H2,(H,14,15)/t6-/m0/s1. The van der Waals surface area contributed by atoms with Crippen molar-refractivity contribution >= 4 is 23.6 Å². The lowest BCUT2D eigenvalue weighted by Crippen LogP contribution is -2.43. The topological polar surface area (TPSA) is 88.3 Å². The highest BCUT2D eigenvalue weighted by Gasteiger charge is 2.34. The number of carbonyl (C=O) groups excluding carboxylic acids is 1. The van der Waals surface area contributed by atoms with E-state index in [1.54, 1.807) is 0 Å². The number of hydrogen-bond donors (Lipinski definition) is 1. The third-order valence-corrected chi connectivity index (χ3v) is 3.26. The zero-order chi connectivity index (χ0) is 11.5. The maximum atomic E-state index is 11.8. The van der Waals surface area contributed by atoms with Crippen LogP contribution in [0.3, 0.4) is 0 Å². The van der Waals surface area contributed by atoms with Crippen molar-refractivity contribution in [1.29, 1.82) is 0 Å². The molecule has 1 saturated heterocycles. The van der Waals surface area contributed by atoms with Gasteiger partial charge in [0.1, 0.15) is 25.2 Å². The minimum absolute atomic E-state index is 0.0321. The number of hydrogen-bond acceptors (Lipinski definition) is 5. The number of rotatable bonds is 3. The molecule has 2 heterocycles. The Morgan fingerprint density at radius 2 is 2.38 bits per heavy atom. The van der Waals surface area contributed by atoms with E-state index in [0.717, 1.165) is 0 Å². The second-order valence-corrected chi connectivity index (χ2v) is 4.31. The normalized spacial score (nSPS) is 20.0. The minimum atomic E-state index is -0.961. The summed E-state index contributed by atoms with van der Waals surface area (Å²) in [6.07, 6.45) is 2.76. The second kappa shape index (κ2) is 4.52. The Bertz CT molecular complexity index is 394. The van der Waals surface area contributed by atoms with Crippen molar-refractivity contribution < 1.29 is 14.7 Å². The maximum Gasteiger partial charge on any atom is 0.327 e. The molecule has 2 rings (SSSR count). The van der Waals surface area contributed by atoms with E-state index in [-0.39, 0.29) is 12.5 Å². The van der Waals surface area contributed by atoms with Crippen LogP contribution in [-0.2, 0) is 16.1 Å². The molecule has 0 saturated carbocycles. The van der Waals surface area contributed by atoms with Crippen LogP contribution in [-0.4, -0.2) is 54.3 Å². The van der Waals surface area contributed by atoms with Crippen LogP contribution < -0.4 is 0 Å². The average Bonchev–Trinajstić information content (AvgIpc) is 2.86. The molecule has 0 aromatic carbocycles. The van der Waals surface area contributed by atoms with Gasteiger partial charge >= 0.3 is 5.97 Å². The highest BCUT2D eigenvalue weighted by atomic mass is 32.2. The Morgan fingerprint density at radius 3 is 3.00 bits per heavy atom. The number of amides is 1. The van der Waals surface area contributed by atoms with Crippen molar-refractivity contribution in [3.8, 4) is 0 Å². The van der Waals surface area contributed by atoms with Gasteiger partial charge in [-0.05, 0) is 0 Å². The Kier molecular flexibility index (Phi) is 3.09. The van der Waals surface area contributed by atoms with Gasteiger partial charge in [-0.1, -0.05) is 0 Å². The van der Waals surface area contributed by atoms with Crippen LogP contribution in [0.2, 0.25) is 0 Å². The van der Waals surface area contributed by atoms with Crippen LogP contribution in [0.4, 0.5) is 0 Å². The molecule has 8 heteroatoms. The van der Waals surface area contributed by atoms with Gasteiger partial charge in [0.25, 0.3) is 0 Å². The van der Waals surface area contributed by atoms with E-state index in [2.05, 4.69) is 10.1 Å². The average molecular weight is 242 g/mol. The van der Waals surface area contributed by atoms with E-state index < -0.39 is 12.0 Å². The van der Waals surface area contributed by atoms with E-state index in [0.29, 0.717) is 11.6 Å². The number of carboxylic acids is 1. The van der Waals surface area contributed by atoms with Crippen molar-refractivity contribution in [2.45, 2.75) is 12.6 Å². The molecular weight excluding hydrogens is 232 g/mol. The summed E-state index contributed by atoms with van der Waals surface area (Å²) in [5, 5.41) is 12.7. The Balaban J connectivity index is 2.01. The summed E-state index contributed by atoms with van der Waals surface area (Å²) >= 11 is 1.44. The molecule has 1 fully saturated rings. The first-order valence-corrected chi connectivity index (χ1v) is 5.76. The minimum Gasteiger partial charge on any atom is -0.480 e. The van der Waals surface area contributed by atoms with Gasteiger partial charge in [-0.2, -0.15) is 5.10 Å². The van der Waals surface area contributed by atoms with Gasteiger partial charge in [-0.3, -0.25) is 4.79 Å². The SMILES string of the molecule is O=C(O)[C@@H]1CSCN1C(=O)Cn1cncn1. The van der Waals surface area contributed by atoms with E-state index >= 15 is 0 Å². The fourth-order valence-corrected chi connectivity index (χ4v) is 2.61. The first-order chi connectivity index (χ1) is 7.68. The monoisotopic (exact) mass is 242 g/mol. The summed E-state index contributed by atoms with van der Waals surface area (Å²) in [7, 11) is 0. The predicted octanol–water partition coefficient (Wildman–Crippen LogP) is -0.736. The molecule has 1 aromatic rings. The van der Waals surface area contributed by atoms with Gasteiger partial charge in [0.15, 0.2) is 0 Å². The molecule has 1 aromatic heterocycles. The summed E-state index contributed by atoms with van der Waals surface area (Å²) in [6, 6.07) is -0.721. The van der Waals surface area contributed by atoms with E-state index in [1.807, 2.05) is 0 Å². The van der Waals surface area contributed by atoms with Gasteiger partial charge in [0, 0.05) is 5.75 Å². The smallest absolute Gasteiger partial charge is 0.327 e. The van der Waals surface area contributed by atoms with Crippen LogP contribution in [0.15, 0.2) is 12.7 Å². The summed E-state index contributed by atoms with van der Waals surface area (Å²) < 4.78 is 1.38. The molecule has 0 radical (unpaired) electrons. The van der Waals surface area contributed by atoms with Crippen LogP contribution in [0.1, 0.15) is 0 Å². The number of nitrogens with zero attached hydrogens (tertiary/aromatic N) is 4. The number of carboxylic acid groups (broad SMARTS) is 1. The molecule has 1 N–H and O–H groups in total. The highest BCUT2D eigenvalue weighted by molar-refractivity contribution is 7.99. The third-order valence-electron chi connectivity index (χ3n) is 2.25. The molecule has 1 amide bonds. The Morgan fingerprint density at radius 1 is 1.56 bits per heavy atom. The van der Waals surface area contributed by atoms with Crippen molar-refractivity contribution in [3.05, 3.63) is 12.7 Å². The molecule has 1 aliphatic heterocycles. The number of carbonyl (C=O) groups is 2. The van der Waals surface area contributed by atoms with Crippen molar-refractivity contribution in [2.75, 3.05) is 11.6 Å². The van der Waals surface area contributed by atoms with Gasteiger partial charge in [-0.15, -0.1) is 11.8 Å². The second-order valence-electron chi connectivity index (χ2n) is 3.31. The van der Waals surface area contributed by atoms with Crippen molar-refractivity contribution in [2.24, 2.45) is 0 Å². The van der Waals surface area contributed by atoms with Crippen LogP contribution in [0.25, 0.3) is 0 Å². The molecule has 1 aliphatic rings. The fraction of sp³-hybridized carbons (Fsp3) is 0.500. The van der Waals surface area contributed by atoms with E-state index in [1.165, 1.54) is 34.0 Å². The van der Waals surface area contributed by atoms with E-state index in [4.69, 9.17) is 5.11 Å². The van der Waals surface area contributed by atoms with E-state index in [9.17, 15) is 9.59 Å². The molecule has 7 nitrogen and oxygen atoms in total. The first kappa shape index (κ1) is 10.9. The van der Waals surface area contributed by atoms with Gasteiger partial charge < -0.3 is 10.0 Å². The summed E-state index contributed by atoms with van der Waals surface area (Å²) in [5.41, 5.74) is 0. The number of aromatic nitrogens is 3. The van der Waals surface area contributed by atoms with Gasteiger partial charge in [0.05, 0.1) is 5.88 Å². The molecule has 1 atom stereocenters. The first-order valence-electron chi connectivity index (χ1n) is 4.61. The zero-order valence-corrected chi connectivity index (χ0v) is 9.13. The molecule has 0 spiro atoms. The van der Waals surface area contributed by atoms with Crippen LogP contribution in [0, 0.1) is 0 Å². The molecule has 0 aliphatic carbocycles. The van der Waals surface area contributed by atoms with Crippen molar-refractivity contribution in [1.82, 2.24) is 19.7 Å². The number of thioether (sulfide) groups is 1. The zero-order valence-electron chi connectivity index (χ0n) is 8.31. The lowest BCUT2D eigenvalue weighted by atomic mass is 10.3. The molecule has 16 heavy (non-hydrogen) atoms. The largest absolute Gasteiger partial charge is 0.480 e. The summed E-state index contributed by atoms with van der Waals surface area (Å²) in [5.74, 6) is -0.344.